The predicted molar refractivity (Wildman–Crippen MR) is 63.6 cm³/mol. The van der Waals surface area contributed by atoms with Gasteiger partial charge in [-0.05, 0) is 0 Å². The molecule has 0 saturated heterocycles. The molecule has 0 spiro atoms. The minimum Gasteiger partial charge on any atom is -0.373 e. The SMILES string of the molecule is OC(Cc1cncc(CC(O)(C(F)(F)F)C(F)(F)F)n1)(C(F)(F)F)C(F)(F)F. The minimum atomic E-state index is -6.30. The molecule has 0 saturated carbocycles. The van der Waals surface area contributed by atoms with Gasteiger partial charge in [-0.25, -0.2) is 0 Å². The molecule has 0 aliphatic heterocycles. The normalized spacial score (nSPS) is 15.1. The van der Waals surface area contributed by atoms with Crippen LogP contribution in [0.4, 0.5) is 52.7 Å². The van der Waals surface area contributed by atoms with Crippen LogP contribution in [0.25, 0.3) is 0 Å². The van der Waals surface area contributed by atoms with Gasteiger partial charge in [0.25, 0.3) is 11.2 Å². The van der Waals surface area contributed by atoms with Crippen molar-refractivity contribution in [1.29, 1.82) is 0 Å². The molecule has 1 aromatic rings. The van der Waals surface area contributed by atoms with E-state index in [2.05, 4.69) is 9.97 Å². The maximum Gasteiger partial charge on any atom is 0.426 e. The first-order valence-corrected chi connectivity index (χ1v) is 6.67. The van der Waals surface area contributed by atoms with Gasteiger partial charge in [-0.15, -0.1) is 0 Å². The van der Waals surface area contributed by atoms with Gasteiger partial charge in [0.2, 0.25) is 0 Å². The molecule has 0 bridgehead atoms. The summed E-state index contributed by atoms with van der Waals surface area (Å²) in [5.41, 5.74) is -13.6. The van der Waals surface area contributed by atoms with Crippen molar-refractivity contribution in [2.75, 3.05) is 0 Å². The zero-order chi connectivity index (χ0) is 22.4. The van der Waals surface area contributed by atoms with E-state index >= 15 is 0 Å². The van der Waals surface area contributed by atoms with Crippen molar-refractivity contribution in [3.63, 3.8) is 0 Å². The van der Waals surface area contributed by atoms with Crippen LogP contribution in [0.2, 0.25) is 0 Å². The second-order valence-electron chi connectivity index (χ2n) is 5.57. The molecule has 0 amide bonds. The van der Waals surface area contributed by atoms with Gasteiger partial charge < -0.3 is 10.2 Å². The predicted octanol–water partition coefficient (Wildman–Crippen LogP) is 3.27. The zero-order valence-corrected chi connectivity index (χ0v) is 12.9. The van der Waals surface area contributed by atoms with Crippen molar-refractivity contribution in [2.45, 2.75) is 48.7 Å². The molecule has 0 aliphatic rings. The molecule has 0 aliphatic carbocycles. The Morgan fingerprint density at radius 3 is 1.04 bits per heavy atom. The smallest absolute Gasteiger partial charge is 0.373 e. The van der Waals surface area contributed by atoms with E-state index in [4.69, 9.17) is 10.2 Å². The Morgan fingerprint density at radius 1 is 0.571 bits per heavy atom. The molecule has 1 heterocycles. The van der Waals surface area contributed by atoms with E-state index in [1.807, 2.05) is 0 Å². The van der Waals surface area contributed by atoms with Gasteiger partial charge in [0, 0.05) is 25.2 Å². The van der Waals surface area contributed by atoms with Crippen LogP contribution in [0.3, 0.4) is 0 Å². The van der Waals surface area contributed by atoms with Gasteiger partial charge in [-0.1, -0.05) is 0 Å². The quantitative estimate of drug-likeness (QED) is 0.706. The second-order valence-corrected chi connectivity index (χ2v) is 5.57. The van der Waals surface area contributed by atoms with E-state index in [9.17, 15) is 52.7 Å². The fourth-order valence-corrected chi connectivity index (χ4v) is 1.87. The number of alkyl halides is 12. The van der Waals surface area contributed by atoms with Crippen molar-refractivity contribution >= 4 is 0 Å². The van der Waals surface area contributed by atoms with Crippen LogP contribution in [0.5, 0.6) is 0 Å². The van der Waals surface area contributed by atoms with Crippen molar-refractivity contribution in [1.82, 2.24) is 9.97 Å². The number of nitrogens with zero attached hydrogens (tertiary/aromatic N) is 2. The summed E-state index contributed by atoms with van der Waals surface area (Å²) in [5, 5.41) is 18.0. The highest BCUT2D eigenvalue weighted by Crippen LogP contribution is 2.46. The lowest BCUT2D eigenvalue weighted by atomic mass is 9.94. The molecule has 0 radical (unpaired) electrons. The van der Waals surface area contributed by atoms with E-state index in [1.165, 1.54) is 0 Å². The fourth-order valence-electron chi connectivity index (χ4n) is 1.87. The maximum atomic E-state index is 12.6. The van der Waals surface area contributed by atoms with Gasteiger partial charge >= 0.3 is 24.7 Å². The van der Waals surface area contributed by atoms with Gasteiger partial charge in [0.05, 0.1) is 11.4 Å². The molecule has 0 unspecified atom stereocenters. The highest BCUT2D eigenvalue weighted by molar-refractivity contribution is 5.13. The van der Waals surface area contributed by atoms with Crippen LogP contribution in [0.15, 0.2) is 12.4 Å². The highest BCUT2D eigenvalue weighted by Gasteiger charge is 2.71. The fraction of sp³-hybridized carbons (Fsp3) is 0.667. The Bertz CT molecular complexity index is 608. The lowest BCUT2D eigenvalue weighted by Crippen LogP contribution is -2.59. The summed E-state index contributed by atoms with van der Waals surface area (Å²) in [6.07, 6.45) is -29.7. The van der Waals surface area contributed by atoms with Crippen molar-refractivity contribution in [2.24, 2.45) is 0 Å². The summed E-state index contributed by atoms with van der Waals surface area (Å²) in [6.45, 7) is 0. The molecule has 1 rings (SSSR count). The van der Waals surface area contributed by atoms with Gasteiger partial charge in [-0.3, -0.25) is 9.97 Å². The molecule has 1 aromatic heterocycles. The van der Waals surface area contributed by atoms with Crippen molar-refractivity contribution in [3.05, 3.63) is 23.8 Å². The number of hydrogen-bond donors (Lipinski definition) is 2. The molecular weight excluding hydrogens is 432 g/mol. The van der Waals surface area contributed by atoms with Crippen LogP contribution in [0, 0.1) is 0 Å². The first kappa shape index (κ1) is 24.2. The summed E-state index contributed by atoms with van der Waals surface area (Å²) in [7, 11) is 0. The summed E-state index contributed by atoms with van der Waals surface area (Å²) in [5.74, 6) is 0. The zero-order valence-electron chi connectivity index (χ0n) is 12.9. The molecule has 162 valence electrons. The highest BCUT2D eigenvalue weighted by atomic mass is 19.4. The third kappa shape index (κ3) is 4.42. The van der Waals surface area contributed by atoms with E-state index in [0.717, 1.165) is 0 Å². The van der Waals surface area contributed by atoms with Crippen LogP contribution < -0.4 is 0 Å². The molecule has 0 atom stereocenters. The standard InChI is InChI=1S/C12H8F12N2O2/c13-9(14,15)7(27,10(16,17)18)1-5-3-25-4-6(26-5)2-8(28,11(19,20)21)12(22,23)24/h3-4,27-28H,1-2H2. The number of rotatable bonds is 4. The molecule has 4 nitrogen and oxygen atoms in total. The van der Waals surface area contributed by atoms with E-state index in [0.29, 0.717) is 0 Å². The Balaban J connectivity index is 3.33. The molecular formula is C12H8F12N2O2. The maximum absolute atomic E-state index is 12.6. The van der Waals surface area contributed by atoms with Crippen molar-refractivity contribution < 1.29 is 62.9 Å². The van der Waals surface area contributed by atoms with Crippen LogP contribution in [0.1, 0.15) is 11.4 Å². The monoisotopic (exact) mass is 440 g/mol. The Morgan fingerprint density at radius 2 is 0.821 bits per heavy atom. The molecule has 0 fully saturated rings. The van der Waals surface area contributed by atoms with E-state index in [1.54, 1.807) is 0 Å². The number of halogens is 12. The van der Waals surface area contributed by atoms with Crippen molar-refractivity contribution in [3.8, 4) is 0 Å². The van der Waals surface area contributed by atoms with Crippen LogP contribution in [-0.4, -0.2) is 56.1 Å². The Hall–Kier alpha value is -1.84. The Kier molecular flexibility index (Phi) is 5.96. The largest absolute Gasteiger partial charge is 0.426 e. The van der Waals surface area contributed by atoms with E-state index < -0.39 is 60.1 Å². The summed E-state index contributed by atoms with van der Waals surface area (Å²) < 4.78 is 151. The van der Waals surface area contributed by atoms with Crippen LogP contribution in [-0.2, 0) is 12.8 Å². The minimum absolute atomic E-state index is 0.173. The summed E-state index contributed by atoms with van der Waals surface area (Å²) >= 11 is 0. The first-order valence-electron chi connectivity index (χ1n) is 6.67. The molecule has 0 aromatic carbocycles. The molecule has 16 heteroatoms. The van der Waals surface area contributed by atoms with Gasteiger partial charge in [0.15, 0.2) is 0 Å². The number of hydrogen-bond acceptors (Lipinski definition) is 4. The lowest BCUT2D eigenvalue weighted by molar-refractivity contribution is -0.367. The third-order valence-electron chi connectivity index (χ3n) is 3.48. The lowest BCUT2D eigenvalue weighted by Gasteiger charge is -2.33. The summed E-state index contributed by atoms with van der Waals surface area (Å²) in [6, 6.07) is 0. The van der Waals surface area contributed by atoms with Gasteiger partial charge in [0.1, 0.15) is 0 Å². The van der Waals surface area contributed by atoms with Gasteiger partial charge in [-0.2, -0.15) is 52.7 Å². The molecule has 2 N–H and O–H groups in total. The average molecular weight is 440 g/mol. The van der Waals surface area contributed by atoms with E-state index in [-0.39, 0.29) is 12.4 Å². The molecule has 28 heavy (non-hydrogen) atoms. The number of aliphatic hydroxyl groups is 2. The topological polar surface area (TPSA) is 66.2 Å². The first-order chi connectivity index (χ1) is 12.2. The Labute approximate surface area is 146 Å². The second kappa shape index (κ2) is 6.89. The average Bonchev–Trinajstić information content (AvgIpc) is 2.42. The third-order valence-corrected chi connectivity index (χ3v) is 3.48. The van der Waals surface area contributed by atoms with Crippen LogP contribution >= 0.6 is 0 Å². The summed E-state index contributed by atoms with van der Waals surface area (Å²) in [4.78, 5) is 5.74. The number of aromatic nitrogens is 2.